The first-order valence-corrected chi connectivity index (χ1v) is 5.52. The second kappa shape index (κ2) is 4.13. The average Bonchev–Trinajstić information content (AvgIpc) is 2.95. The highest BCUT2D eigenvalue weighted by Gasteiger charge is 2.30. The standard InChI is InChI=1S/C11H19N3/c1-3-14-8-9(7-13-14)6-11(12-2)10-4-5-10/h7-8,10-12H,3-6H2,1-2H3. The minimum absolute atomic E-state index is 0.657. The van der Waals surface area contributed by atoms with Crippen molar-refractivity contribution >= 4 is 0 Å². The Labute approximate surface area is 85.5 Å². The van der Waals surface area contributed by atoms with E-state index >= 15 is 0 Å². The highest BCUT2D eigenvalue weighted by molar-refractivity contribution is 5.08. The van der Waals surface area contributed by atoms with Crippen LogP contribution in [-0.4, -0.2) is 22.9 Å². The van der Waals surface area contributed by atoms with Crippen LogP contribution in [0, 0.1) is 5.92 Å². The molecule has 1 aliphatic rings. The van der Waals surface area contributed by atoms with Crippen molar-refractivity contribution in [3.05, 3.63) is 18.0 Å². The van der Waals surface area contributed by atoms with Crippen LogP contribution in [-0.2, 0) is 13.0 Å². The maximum atomic E-state index is 4.29. The number of likely N-dealkylation sites (N-methyl/N-ethyl adjacent to an activating group) is 1. The van der Waals surface area contributed by atoms with Gasteiger partial charge in [0.2, 0.25) is 0 Å². The molecule has 1 N–H and O–H groups in total. The number of aromatic nitrogens is 2. The van der Waals surface area contributed by atoms with Crippen LogP contribution in [0.3, 0.4) is 0 Å². The minimum atomic E-state index is 0.657. The molecule has 0 aliphatic heterocycles. The molecular weight excluding hydrogens is 174 g/mol. The molecule has 1 heterocycles. The normalized spacial score (nSPS) is 18.4. The smallest absolute Gasteiger partial charge is 0.0522 e. The molecule has 78 valence electrons. The molecule has 1 atom stereocenters. The van der Waals surface area contributed by atoms with Crippen molar-refractivity contribution in [1.82, 2.24) is 15.1 Å². The lowest BCUT2D eigenvalue weighted by Crippen LogP contribution is -2.29. The van der Waals surface area contributed by atoms with E-state index in [2.05, 4.69) is 30.6 Å². The summed E-state index contributed by atoms with van der Waals surface area (Å²) < 4.78 is 1.99. The Balaban J connectivity index is 1.94. The van der Waals surface area contributed by atoms with E-state index < -0.39 is 0 Å². The van der Waals surface area contributed by atoms with E-state index in [-0.39, 0.29) is 0 Å². The highest BCUT2D eigenvalue weighted by atomic mass is 15.3. The zero-order chi connectivity index (χ0) is 9.97. The SMILES string of the molecule is CCn1cc(CC(NC)C2CC2)cn1. The van der Waals surface area contributed by atoms with Crippen molar-refractivity contribution in [2.75, 3.05) is 7.05 Å². The Bertz CT molecular complexity index is 288. The van der Waals surface area contributed by atoms with Crippen molar-refractivity contribution in [2.24, 2.45) is 5.92 Å². The van der Waals surface area contributed by atoms with Crippen molar-refractivity contribution in [2.45, 2.75) is 38.8 Å². The van der Waals surface area contributed by atoms with Gasteiger partial charge in [0.15, 0.2) is 0 Å². The number of rotatable bonds is 5. The Morgan fingerprint density at radius 3 is 2.93 bits per heavy atom. The predicted octanol–water partition coefficient (Wildman–Crippen LogP) is 1.44. The predicted molar refractivity (Wildman–Crippen MR) is 57.2 cm³/mol. The van der Waals surface area contributed by atoms with E-state index in [0.29, 0.717) is 6.04 Å². The van der Waals surface area contributed by atoms with Crippen LogP contribution in [0.5, 0.6) is 0 Å². The Morgan fingerprint density at radius 1 is 1.64 bits per heavy atom. The van der Waals surface area contributed by atoms with E-state index in [9.17, 15) is 0 Å². The molecule has 3 heteroatoms. The number of nitrogens with one attached hydrogen (secondary N) is 1. The number of nitrogens with zero attached hydrogens (tertiary/aromatic N) is 2. The van der Waals surface area contributed by atoms with Crippen LogP contribution in [0.25, 0.3) is 0 Å². The molecule has 0 amide bonds. The summed E-state index contributed by atoms with van der Waals surface area (Å²) in [7, 11) is 2.06. The first-order chi connectivity index (χ1) is 6.83. The monoisotopic (exact) mass is 193 g/mol. The Morgan fingerprint density at radius 2 is 2.43 bits per heavy atom. The molecule has 0 bridgehead atoms. The van der Waals surface area contributed by atoms with Gasteiger partial charge in [0, 0.05) is 18.8 Å². The number of aryl methyl sites for hydroxylation is 1. The first-order valence-electron chi connectivity index (χ1n) is 5.52. The van der Waals surface area contributed by atoms with Crippen LogP contribution in [0.4, 0.5) is 0 Å². The summed E-state index contributed by atoms with van der Waals surface area (Å²) >= 11 is 0. The third kappa shape index (κ3) is 2.15. The van der Waals surface area contributed by atoms with E-state index in [1.807, 2.05) is 10.9 Å². The van der Waals surface area contributed by atoms with Crippen LogP contribution >= 0.6 is 0 Å². The van der Waals surface area contributed by atoms with E-state index in [4.69, 9.17) is 0 Å². The highest BCUT2D eigenvalue weighted by Crippen LogP contribution is 2.33. The third-order valence-corrected chi connectivity index (χ3v) is 3.03. The summed E-state index contributed by atoms with van der Waals surface area (Å²) in [5.74, 6) is 0.907. The van der Waals surface area contributed by atoms with Gasteiger partial charge in [-0.1, -0.05) is 0 Å². The molecule has 2 rings (SSSR count). The van der Waals surface area contributed by atoms with Gasteiger partial charge in [0.05, 0.1) is 6.20 Å². The van der Waals surface area contributed by atoms with Gasteiger partial charge in [-0.05, 0) is 44.7 Å². The second-order valence-corrected chi connectivity index (χ2v) is 4.14. The van der Waals surface area contributed by atoms with Crippen molar-refractivity contribution in [3.63, 3.8) is 0 Å². The largest absolute Gasteiger partial charge is 0.316 e. The van der Waals surface area contributed by atoms with E-state index in [1.54, 1.807) is 0 Å². The van der Waals surface area contributed by atoms with Crippen molar-refractivity contribution < 1.29 is 0 Å². The second-order valence-electron chi connectivity index (χ2n) is 4.14. The molecule has 3 nitrogen and oxygen atoms in total. The minimum Gasteiger partial charge on any atom is -0.316 e. The van der Waals surface area contributed by atoms with Gasteiger partial charge in [-0.15, -0.1) is 0 Å². The lowest BCUT2D eigenvalue weighted by atomic mass is 10.1. The maximum absolute atomic E-state index is 4.29. The van der Waals surface area contributed by atoms with Gasteiger partial charge < -0.3 is 5.32 Å². The summed E-state index contributed by atoms with van der Waals surface area (Å²) in [6, 6.07) is 0.657. The van der Waals surface area contributed by atoms with Crippen molar-refractivity contribution in [1.29, 1.82) is 0 Å². The van der Waals surface area contributed by atoms with Gasteiger partial charge in [-0.3, -0.25) is 4.68 Å². The van der Waals surface area contributed by atoms with Gasteiger partial charge >= 0.3 is 0 Å². The molecule has 1 saturated carbocycles. The van der Waals surface area contributed by atoms with Crippen molar-refractivity contribution in [3.8, 4) is 0 Å². The first kappa shape index (κ1) is 9.71. The molecule has 1 aromatic rings. The zero-order valence-electron chi connectivity index (χ0n) is 9.03. The fourth-order valence-electron chi connectivity index (χ4n) is 1.94. The van der Waals surface area contributed by atoms with Crippen LogP contribution in [0.15, 0.2) is 12.4 Å². The van der Waals surface area contributed by atoms with Gasteiger partial charge in [0.1, 0.15) is 0 Å². The summed E-state index contributed by atoms with van der Waals surface area (Å²) in [5, 5.41) is 7.69. The molecule has 1 unspecified atom stereocenters. The number of hydrogen-bond acceptors (Lipinski definition) is 2. The Kier molecular flexibility index (Phi) is 2.87. The fourth-order valence-corrected chi connectivity index (χ4v) is 1.94. The lowest BCUT2D eigenvalue weighted by molar-refractivity contribution is 0.500. The Hall–Kier alpha value is -0.830. The molecular formula is C11H19N3. The summed E-state index contributed by atoms with van der Waals surface area (Å²) in [4.78, 5) is 0. The summed E-state index contributed by atoms with van der Waals surface area (Å²) in [6.07, 6.45) is 8.07. The molecule has 0 saturated heterocycles. The number of hydrogen-bond donors (Lipinski definition) is 1. The van der Waals surface area contributed by atoms with E-state index in [0.717, 1.165) is 18.9 Å². The quantitative estimate of drug-likeness (QED) is 0.767. The van der Waals surface area contributed by atoms with Crippen LogP contribution < -0.4 is 5.32 Å². The molecule has 14 heavy (non-hydrogen) atoms. The van der Waals surface area contributed by atoms with Gasteiger partial charge in [-0.2, -0.15) is 5.10 Å². The zero-order valence-corrected chi connectivity index (χ0v) is 9.03. The third-order valence-electron chi connectivity index (χ3n) is 3.03. The molecule has 0 radical (unpaired) electrons. The molecule has 1 fully saturated rings. The lowest BCUT2D eigenvalue weighted by Gasteiger charge is -2.13. The van der Waals surface area contributed by atoms with Crippen LogP contribution in [0.1, 0.15) is 25.3 Å². The molecule has 0 spiro atoms. The van der Waals surface area contributed by atoms with Gasteiger partial charge in [0.25, 0.3) is 0 Å². The maximum Gasteiger partial charge on any atom is 0.0522 e. The fraction of sp³-hybridized carbons (Fsp3) is 0.727. The molecule has 1 aromatic heterocycles. The van der Waals surface area contributed by atoms with Gasteiger partial charge in [-0.25, -0.2) is 0 Å². The summed E-state index contributed by atoms with van der Waals surface area (Å²) in [6.45, 7) is 3.08. The van der Waals surface area contributed by atoms with E-state index in [1.165, 1.54) is 18.4 Å². The average molecular weight is 193 g/mol. The summed E-state index contributed by atoms with van der Waals surface area (Å²) in [5.41, 5.74) is 1.36. The topological polar surface area (TPSA) is 29.9 Å². The molecule has 0 aromatic carbocycles. The molecule has 1 aliphatic carbocycles. The van der Waals surface area contributed by atoms with Crippen LogP contribution in [0.2, 0.25) is 0 Å².